The average Bonchev–Trinajstić information content (AvgIpc) is 3.25. The van der Waals surface area contributed by atoms with E-state index in [2.05, 4.69) is 0 Å². The van der Waals surface area contributed by atoms with Gasteiger partial charge in [0.25, 0.3) is 5.91 Å². The number of benzene rings is 1. The zero-order valence-electron chi connectivity index (χ0n) is 19.4. The van der Waals surface area contributed by atoms with Crippen molar-refractivity contribution in [1.29, 1.82) is 0 Å². The highest BCUT2D eigenvalue weighted by atomic mass is 16.6. The van der Waals surface area contributed by atoms with E-state index in [0.717, 1.165) is 25.1 Å². The van der Waals surface area contributed by atoms with Gasteiger partial charge in [0.05, 0.1) is 0 Å². The van der Waals surface area contributed by atoms with Gasteiger partial charge < -0.3 is 19.1 Å². The number of hydrogen-bond donors (Lipinski definition) is 0. The Morgan fingerprint density at radius 3 is 2.35 bits per heavy atom. The standard InChI is InChI=1S/C25H35N3O3/c1-19(2)28(24(30)31-25(3,4)5)18-20-9-8-16-27(17-20)23(29)21-10-12-22(13-11-21)26-14-6-7-15-26/h6-7,10-15,19-20H,8-9,16-18H2,1-5H3. The van der Waals surface area contributed by atoms with Crippen molar-refractivity contribution in [3.63, 3.8) is 0 Å². The predicted molar refractivity (Wildman–Crippen MR) is 122 cm³/mol. The molecule has 1 aliphatic heterocycles. The van der Waals surface area contributed by atoms with Gasteiger partial charge in [-0.3, -0.25) is 4.79 Å². The summed E-state index contributed by atoms with van der Waals surface area (Å²) in [5.74, 6) is 0.295. The van der Waals surface area contributed by atoms with Gasteiger partial charge >= 0.3 is 6.09 Å². The zero-order valence-corrected chi connectivity index (χ0v) is 19.4. The fourth-order valence-electron chi connectivity index (χ4n) is 3.96. The van der Waals surface area contributed by atoms with Crippen LogP contribution in [0.25, 0.3) is 5.69 Å². The average molecular weight is 426 g/mol. The van der Waals surface area contributed by atoms with Crippen LogP contribution >= 0.6 is 0 Å². The van der Waals surface area contributed by atoms with Crippen molar-refractivity contribution in [1.82, 2.24) is 14.4 Å². The van der Waals surface area contributed by atoms with Crippen molar-refractivity contribution >= 4 is 12.0 Å². The van der Waals surface area contributed by atoms with E-state index in [0.29, 0.717) is 18.7 Å². The molecule has 1 atom stereocenters. The predicted octanol–water partition coefficient (Wildman–Crippen LogP) is 4.98. The third kappa shape index (κ3) is 6.12. The van der Waals surface area contributed by atoms with Crippen LogP contribution in [0.4, 0.5) is 4.79 Å². The number of carbonyl (C=O) groups excluding carboxylic acids is 2. The number of hydrogen-bond acceptors (Lipinski definition) is 3. The molecule has 2 heterocycles. The van der Waals surface area contributed by atoms with E-state index in [-0.39, 0.29) is 24.0 Å². The van der Waals surface area contributed by atoms with Crippen molar-refractivity contribution in [2.24, 2.45) is 5.92 Å². The zero-order chi connectivity index (χ0) is 22.6. The summed E-state index contributed by atoms with van der Waals surface area (Å²) in [6, 6.07) is 11.7. The number of nitrogens with zero attached hydrogens (tertiary/aromatic N) is 3. The molecular formula is C25H35N3O3. The quantitative estimate of drug-likeness (QED) is 0.679. The largest absolute Gasteiger partial charge is 0.444 e. The lowest BCUT2D eigenvalue weighted by Crippen LogP contribution is -2.48. The van der Waals surface area contributed by atoms with Gasteiger partial charge in [-0.25, -0.2) is 4.79 Å². The summed E-state index contributed by atoms with van der Waals surface area (Å²) in [5, 5.41) is 0. The minimum absolute atomic E-state index is 0.0437. The molecule has 0 radical (unpaired) electrons. The van der Waals surface area contributed by atoms with Crippen molar-refractivity contribution in [2.45, 2.75) is 59.1 Å². The van der Waals surface area contributed by atoms with Gasteiger partial charge in [-0.15, -0.1) is 0 Å². The molecule has 0 bridgehead atoms. The Bertz CT molecular complexity index is 866. The summed E-state index contributed by atoms with van der Waals surface area (Å²) in [6.07, 6.45) is 5.63. The van der Waals surface area contributed by atoms with Crippen molar-refractivity contribution in [2.75, 3.05) is 19.6 Å². The van der Waals surface area contributed by atoms with E-state index in [1.54, 1.807) is 4.90 Å². The highest BCUT2D eigenvalue weighted by Crippen LogP contribution is 2.22. The number of carbonyl (C=O) groups is 2. The fraction of sp³-hybridized carbons (Fsp3) is 0.520. The molecule has 2 amide bonds. The normalized spacial score (nSPS) is 17.0. The minimum atomic E-state index is -0.522. The molecule has 0 saturated carbocycles. The molecule has 1 aromatic heterocycles. The van der Waals surface area contributed by atoms with Gasteiger partial charge in [-0.1, -0.05) is 0 Å². The van der Waals surface area contributed by atoms with Gasteiger partial charge in [-0.05, 0) is 89.8 Å². The SMILES string of the molecule is CC(C)N(CC1CCCN(C(=O)c2ccc(-n3cccc3)cc2)C1)C(=O)OC(C)(C)C. The number of likely N-dealkylation sites (tertiary alicyclic amines) is 1. The molecule has 1 fully saturated rings. The summed E-state index contributed by atoms with van der Waals surface area (Å²) in [7, 11) is 0. The first-order chi connectivity index (χ1) is 14.6. The van der Waals surface area contributed by atoms with Gasteiger partial charge in [-0.2, -0.15) is 0 Å². The fourth-order valence-corrected chi connectivity index (χ4v) is 3.96. The van der Waals surface area contributed by atoms with E-state index < -0.39 is 5.60 Å². The van der Waals surface area contributed by atoms with Crippen LogP contribution in [0.15, 0.2) is 48.8 Å². The smallest absolute Gasteiger partial charge is 0.410 e. The molecular weight excluding hydrogens is 390 g/mol. The van der Waals surface area contributed by atoms with E-state index in [1.807, 2.05) is 92.9 Å². The molecule has 0 N–H and O–H groups in total. The lowest BCUT2D eigenvalue weighted by Gasteiger charge is -2.37. The Labute approximate surface area is 185 Å². The highest BCUT2D eigenvalue weighted by molar-refractivity contribution is 5.94. The summed E-state index contributed by atoms with van der Waals surface area (Å²) in [5.41, 5.74) is 1.21. The molecule has 1 unspecified atom stereocenters. The molecule has 1 aliphatic rings. The van der Waals surface area contributed by atoms with E-state index >= 15 is 0 Å². The van der Waals surface area contributed by atoms with E-state index in [9.17, 15) is 9.59 Å². The van der Waals surface area contributed by atoms with Gasteiger partial charge in [0, 0.05) is 49.3 Å². The third-order valence-corrected chi connectivity index (χ3v) is 5.53. The first kappa shape index (κ1) is 22.9. The Kier molecular flexibility index (Phi) is 7.08. The van der Waals surface area contributed by atoms with Gasteiger partial charge in [0.2, 0.25) is 0 Å². The molecule has 0 aliphatic carbocycles. The topological polar surface area (TPSA) is 54.8 Å². The van der Waals surface area contributed by atoms with E-state index in [4.69, 9.17) is 4.74 Å². The van der Waals surface area contributed by atoms with Crippen LogP contribution in [0.3, 0.4) is 0 Å². The summed E-state index contributed by atoms with van der Waals surface area (Å²) < 4.78 is 7.61. The maximum Gasteiger partial charge on any atom is 0.410 e. The molecule has 31 heavy (non-hydrogen) atoms. The van der Waals surface area contributed by atoms with Crippen molar-refractivity contribution in [3.05, 3.63) is 54.4 Å². The number of amides is 2. The second-order valence-electron chi connectivity index (χ2n) is 9.62. The highest BCUT2D eigenvalue weighted by Gasteiger charge is 2.30. The summed E-state index contributed by atoms with van der Waals surface area (Å²) in [6.45, 7) is 11.7. The molecule has 1 aromatic carbocycles. The lowest BCUT2D eigenvalue weighted by atomic mass is 9.96. The lowest BCUT2D eigenvalue weighted by molar-refractivity contribution is 0.0124. The Morgan fingerprint density at radius 2 is 1.77 bits per heavy atom. The van der Waals surface area contributed by atoms with E-state index in [1.165, 1.54) is 0 Å². The van der Waals surface area contributed by atoms with Crippen LogP contribution in [0.5, 0.6) is 0 Å². The van der Waals surface area contributed by atoms with Gasteiger partial charge in [0.1, 0.15) is 5.60 Å². The van der Waals surface area contributed by atoms with Crippen molar-refractivity contribution < 1.29 is 14.3 Å². The van der Waals surface area contributed by atoms with Crippen LogP contribution in [0, 0.1) is 5.92 Å². The maximum absolute atomic E-state index is 13.1. The van der Waals surface area contributed by atoms with Crippen molar-refractivity contribution in [3.8, 4) is 5.69 Å². The molecule has 0 spiro atoms. The van der Waals surface area contributed by atoms with Crippen LogP contribution in [0.1, 0.15) is 57.8 Å². The molecule has 168 valence electrons. The van der Waals surface area contributed by atoms with Crippen LogP contribution in [-0.4, -0.2) is 57.6 Å². The molecule has 2 aromatic rings. The second kappa shape index (κ2) is 9.58. The van der Waals surface area contributed by atoms with Crippen LogP contribution < -0.4 is 0 Å². The number of piperidine rings is 1. The third-order valence-electron chi connectivity index (χ3n) is 5.53. The second-order valence-corrected chi connectivity index (χ2v) is 9.62. The van der Waals surface area contributed by atoms with Crippen LogP contribution in [-0.2, 0) is 4.74 Å². The number of aromatic nitrogens is 1. The first-order valence-electron chi connectivity index (χ1n) is 11.2. The Morgan fingerprint density at radius 1 is 1.13 bits per heavy atom. The molecule has 3 rings (SSSR count). The number of ether oxygens (including phenoxy) is 1. The van der Waals surface area contributed by atoms with Crippen LogP contribution in [0.2, 0.25) is 0 Å². The summed E-state index contributed by atoms with van der Waals surface area (Å²) >= 11 is 0. The molecule has 1 saturated heterocycles. The summed E-state index contributed by atoms with van der Waals surface area (Å²) in [4.78, 5) is 29.5. The Hall–Kier alpha value is -2.76. The first-order valence-corrected chi connectivity index (χ1v) is 11.2. The van der Waals surface area contributed by atoms with Gasteiger partial charge in [0.15, 0.2) is 0 Å². The number of rotatable bonds is 5. The maximum atomic E-state index is 13.1. The molecule has 6 heteroatoms. The monoisotopic (exact) mass is 425 g/mol. The Balaban J connectivity index is 1.63. The minimum Gasteiger partial charge on any atom is -0.444 e. The molecule has 6 nitrogen and oxygen atoms in total.